The second-order valence-electron chi connectivity index (χ2n) is 5.31. The van der Waals surface area contributed by atoms with Gasteiger partial charge in [-0.1, -0.05) is 30.3 Å². The summed E-state index contributed by atoms with van der Waals surface area (Å²) < 4.78 is 4.97. The Morgan fingerprint density at radius 1 is 1.38 bits per heavy atom. The molecule has 1 aliphatic rings. The van der Waals surface area contributed by atoms with E-state index in [1.807, 2.05) is 13.0 Å². The number of esters is 1. The third-order valence-corrected chi connectivity index (χ3v) is 5.30. The summed E-state index contributed by atoms with van der Waals surface area (Å²) in [6.45, 7) is 2.23. The molecule has 21 heavy (non-hydrogen) atoms. The lowest BCUT2D eigenvalue weighted by Crippen LogP contribution is -2.26. The summed E-state index contributed by atoms with van der Waals surface area (Å²) in [6, 6.07) is 12.9. The normalized spacial score (nSPS) is 25.0. The van der Waals surface area contributed by atoms with Crippen LogP contribution in [-0.2, 0) is 9.53 Å². The molecule has 0 amide bonds. The fraction of sp³-hybridized carbons (Fsp3) is 0.529. The van der Waals surface area contributed by atoms with Crippen LogP contribution in [0, 0.1) is 17.2 Å². The van der Waals surface area contributed by atoms with Gasteiger partial charge in [0, 0.05) is 5.25 Å². The first-order valence-electron chi connectivity index (χ1n) is 7.46. The van der Waals surface area contributed by atoms with Gasteiger partial charge in [0.05, 0.1) is 24.3 Å². The molecule has 0 N–H and O–H groups in total. The topological polar surface area (TPSA) is 50.1 Å². The number of nitriles is 1. The van der Waals surface area contributed by atoms with Crippen molar-refractivity contribution >= 4 is 17.7 Å². The number of carbonyl (C=O) groups excluding carboxylic acids is 1. The molecule has 3 unspecified atom stereocenters. The number of rotatable bonds is 5. The molecule has 112 valence electrons. The van der Waals surface area contributed by atoms with Gasteiger partial charge in [0.25, 0.3) is 0 Å². The predicted molar refractivity (Wildman–Crippen MR) is 85.0 cm³/mol. The highest BCUT2D eigenvalue weighted by atomic mass is 32.2. The molecule has 0 heterocycles. The Kier molecular flexibility index (Phi) is 6.13. The second kappa shape index (κ2) is 8.09. The monoisotopic (exact) mass is 303 g/mol. The van der Waals surface area contributed by atoms with E-state index in [4.69, 9.17) is 4.74 Å². The standard InChI is InChI=1S/C17H21NO2S/c1-2-20-17(19)12-21-16-10-14(8-9-15(16)11-18)13-6-4-3-5-7-13/h3-7,14-16H,2,8-10,12H2,1H3. The van der Waals surface area contributed by atoms with E-state index in [1.165, 1.54) is 5.56 Å². The zero-order valence-corrected chi connectivity index (χ0v) is 13.1. The van der Waals surface area contributed by atoms with Crippen molar-refractivity contribution in [2.45, 2.75) is 37.4 Å². The molecule has 0 bridgehead atoms. The number of benzene rings is 1. The molecular weight excluding hydrogens is 282 g/mol. The fourth-order valence-corrected chi connectivity index (χ4v) is 4.10. The Hall–Kier alpha value is -1.47. The van der Waals surface area contributed by atoms with Crippen LogP contribution in [0.25, 0.3) is 0 Å². The number of hydrogen-bond donors (Lipinski definition) is 0. The van der Waals surface area contributed by atoms with Crippen molar-refractivity contribution in [1.29, 1.82) is 5.26 Å². The van der Waals surface area contributed by atoms with Gasteiger partial charge in [0.1, 0.15) is 0 Å². The maximum atomic E-state index is 11.5. The minimum atomic E-state index is -0.180. The van der Waals surface area contributed by atoms with Gasteiger partial charge in [0.2, 0.25) is 0 Å². The highest BCUT2D eigenvalue weighted by Crippen LogP contribution is 2.41. The summed E-state index contributed by atoms with van der Waals surface area (Å²) in [7, 11) is 0. The molecule has 1 saturated carbocycles. The highest BCUT2D eigenvalue weighted by Gasteiger charge is 2.32. The van der Waals surface area contributed by atoms with Crippen molar-refractivity contribution in [3.8, 4) is 6.07 Å². The van der Waals surface area contributed by atoms with Crippen molar-refractivity contribution in [3.63, 3.8) is 0 Å². The summed E-state index contributed by atoms with van der Waals surface area (Å²) in [5.41, 5.74) is 1.34. The van der Waals surface area contributed by atoms with Gasteiger partial charge in [-0.05, 0) is 37.7 Å². The highest BCUT2D eigenvalue weighted by molar-refractivity contribution is 8.00. The molecule has 1 aromatic rings. The van der Waals surface area contributed by atoms with Crippen LogP contribution in [0.15, 0.2) is 30.3 Å². The number of carbonyl (C=O) groups is 1. The Balaban J connectivity index is 1.96. The molecule has 0 aromatic heterocycles. The van der Waals surface area contributed by atoms with Crippen LogP contribution in [0.3, 0.4) is 0 Å². The molecule has 0 spiro atoms. The van der Waals surface area contributed by atoms with Crippen LogP contribution >= 0.6 is 11.8 Å². The zero-order chi connectivity index (χ0) is 15.1. The summed E-state index contributed by atoms with van der Waals surface area (Å²) >= 11 is 1.58. The van der Waals surface area contributed by atoms with Gasteiger partial charge < -0.3 is 4.74 Å². The molecule has 0 aliphatic heterocycles. The molecule has 1 aliphatic carbocycles. The number of ether oxygens (including phenoxy) is 1. The molecule has 3 atom stereocenters. The van der Waals surface area contributed by atoms with E-state index < -0.39 is 0 Å². The van der Waals surface area contributed by atoms with Crippen molar-refractivity contribution in [1.82, 2.24) is 0 Å². The van der Waals surface area contributed by atoms with E-state index in [0.717, 1.165) is 19.3 Å². The largest absolute Gasteiger partial charge is 0.465 e. The Bertz CT molecular complexity index is 497. The summed E-state index contributed by atoms with van der Waals surface area (Å²) in [5, 5.41) is 9.53. The van der Waals surface area contributed by atoms with E-state index >= 15 is 0 Å². The molecule has 3 nitrogen and oxygen atoms in total. The van der Waals surface area contributed by atoms with Crippen LogP contribution in [-0.4, -0.2) is 23.6 Å². The molecule has 1 fully saturated rings. The second-order valence-corrected chi connectivity index (χ2v) is 6.54. The Morgan fingerprint density at radius 2 is 2.14 bits per heavy atom. The van der Waals surface area contributed by atoms with Crippen LogP contribution < -0.4 is 0 Å². The first-order valence-corrected chi connectivity index (χ1v) is 8.51. The van der Waals surface area contributed by atoms with Crippen LogP contribution in [0.2, 0.25) is 0 Å². The number of thioether (sulfide) groups is 1. The zero-order valence-electron chi connectivity index (χ0n) is 12.3. The lowest BCUT2D eigenvalue weighted by Gasteiger charge is -2.32. The van der Waals surface area contributed by atoms with E-state index in [1.54, 1.807) is 11.8 Å². The smallest absolute Gasteiger partial charge is 0.315 e. The van der Waals surface area contributed by atoms with Gasteiger partial charge in [-0.25, -0.2) is 0 Å². The maximum absolute atomic E-state index is 11.5. The first kappa shape index (κ1) is 15.9. The van der Waals surface area contributed by atoms with Gasteiger partial charge >= 0.3 is 5.97 Å². The lowest BCUT2D eigenvalue weighted by molar-refractivity contribution is -0.139. The first-order chi connectivity index (χ1) is 10.2. The SMILES string of the molecule is CCOC(=O)CSC1CC(c2ccccc2)CCC1C#N. The molecule has 2 rings (SSSR count). The summed E-state index contributed by atoms with van der Waals surface area (Å²) in [5.74, 6) is 0.707. The van der Waals surface area contributed by atoms with Crippen molar-refractivity contribution in [2.75, 3.05) is 12.4 Å². The summed E-state index contributed by atoms with van der Waals surface area (Å²) in [6.07, 6.45) is 2.93. The van der Waals surface area contributed by atoms with Gasteiger partial charge in [-0.15, -0.1) is 11.8 Å². The maximum Gasteiger partial charge on any atom is 0.315 e. The third-order valence-electron chi connectivity index (χ3n) is 3.95. The van der Waals surface area contributed by atoms with Gasteiger partial charge in [-0.2, -0.15) is 5.26 Å². The minimum absolute atomic E-state index is 0.0457. The molecule has 0 radical (unpaired) electrons. The van der Waals surface area contributed by atoms with Crippen molar-refractivity contribution < 1.29 is 9.53 Å². The fourth-order valence-electron chi connectivity index (χ4n) is 2.87. The number of nitrogens with zero attached hydrogens (tertiary/aromatic N) is 1. The average molecular weight is 303 g/mol. The molecule has 0 saturated heterocycles. The van der Waals surface area contributed by atoms with Crippen molar-refractivity contribution in [3.05, 3.63) is 35.9 Å². The van der Waals surface area contributed by atoms with E-state index in [9.17, 15) is 10.1 Å². The van der Waals surface area contributed by atoms with E-state index in [2.05, 4.69) is 30.3 Å². The van der Waals surface area contributed by atoms with Gasteiger partial charge in [-0.3, -0.25) is 4.79 Å². The third kappa shape index (κ3) is 4.50. The summed E-state index contributed by atoms with van der Waals surface area (Å²) in [4.78, 5) is 11.5. The minimum Gasteiger partial charge on any atom is -0.465 e. The lowest BCUT2D eigenvalue weighted by atomic mass is 9.79. The van der Waals surface area contributed by atoms with Crippen LogP contribution in [0.4, 0.5) is 0 Å². The average Bonchev–Trinajstić information content (AvgIpc) is 2.54. The Labute approximate surface area is 130 Å². The quantitative estimate of drug-likeness (QED) is 0.777. The van der Waals surface area contributed by atoms with Crippen molar-refractivity contribution in [2.24, 2.45) is 5.92 Å². The van der Waals surface area contributed by atoms with E-state index in [0.29, 0.717) is 18.3 Å². The Morgan fingerprint density at radius 3 is 2.81 bits per heavy atom. The van der Waals surface area contributed by atoms with E-state index in [-0.39, 0.29) is 17.1 Å². The van der Waals surface area contributed by atoms with Crippen LogP contribution in [0.1, 0.15) is 37.7 Å². The van der Waals surface area contributed by atoms with Gasteiger partial charge in [0.15, 0.2) is 0 Å². The van der Waals surface area contributed by atoms with Crippen LogP contribution in [0.5, 0.6) is 0 Å². The predicted octanol–water partition coefficient (Wildman–Crippen LogP) is 3.76. The molecule has 1 aromatic carbocycles. The molecule has 4 heteroatoms. The molecular formula is C17H21NO2S. The number of hydrogen-bond acceptors (Lipinski definition) is 4.